The van der Waals surface area contributed by atoms with Crippen molar-refractivity contribution in [1.29, 1.82) is 0 Å². The molecule has 1 aromatic heterocycles. The van der Waals surface area contributed by atoms with Gasteiger partial charge in [0.05, 0.1) is 24.0 Å². The quantitative estimate of drug-likeness (QED) is 0.332. The van der Waals surface area contributed by atoms with Gasteiger partial charge < -0.3 is 15.4 Å². The van der Waals surface area contributed by atoms with Crippen molar-refractivity contribution in [2.45, 2.75) is 18.6 Å². The van der Waals surface area contributed by atoms with Crippen LogP contribution in [0.5, 0.6) is 0 Å². The lowest BCUT2D eigenvalue weighted by Crippen LogP contribution is -2.49. The summed E-state index contributed by atoms with van der Waals surface area (Å²) >= 11 is 0. The Morgan fingerprint density at radius 1 is 1.08 bits per heavy atom. The fourth-order valence-corrected chi connectivity index (χ4v) is 5.15. The van der Waals surface area contributed by atoms with Gasteiger partial charge in [0, 0.05) is 48.8 Å². The number of halogens is 2. The van der Waals surface area contributed by atoms with E-state index >= 15 is 4.39 Å². The van der Waals surface area contributed by atoms with E-state index in [2.05, 4.69) is 10.6 Å². The van der Waals surface area contributed by atoms with Gasteiger partial charge >= 0.3 is 6.03 Å². The van der Waals surface area contributed by atoms with E-state index in [1.165, 1.54) is 12.1 Å². The Morgan fingerprint density at radius 2 is 1.79 bits per heavy atom. The van der Waals surface area contributed by atoms with Crippen molar-refractivity contribution >= 4 is 22.5 Å². The summed E-state index contributed by atoms with van der Waals surface area (Å²) in [6.07, 6.45) is 0. The number of hydrogen-bond donors (Lipinski definition) is 2. The SMILES string of the molecule is COCCN1CC(NC(=O)Nc2c(-c3ccccc3)nc(C)c3cc(F)ccc23)C(F)(c2ccccc2)C1. The van der Waals surface area contributed by atoms with Crippen LogP contribution in [0.1, 0.15) is 11.3 Å². The standard InChI is InChI=1S/C30H30F2N4O2/c1-20-25-17-23(31)13-14-24(25)28(27(33-20)21-9-5-3-6-10-21)35-29(37)34-26-18-36(15-16-38-2)19-30(26,32)22-11-7-4-8-12-22/h3-14,17,26H,15-16,18-19H2,1-2H3,(H2,34,35,37). The number of carbonyl (C=O) groups excluding carboxylic acids is 1. The minimum atomic E-state index is -1.79. The lowest BCUT2D eigenvalue weighted by atomic mass is 9.91. The Balaban J connectivity index is 1.49. The van der Waals surface area contributed by atoms with Gasteiger partial charge in [-0.1, -0.05) is 60.7 Å². The van der Waals surface area contributed by atoms with E-state index in [1.54, 1.807) is 37.4 Å². The second kappa shape index (κ2) is 10.8. The topological polar surface area (TPSA) is 66.5 Å². The number of alkyl halides is 1. The average molecular weight is 517 g/mol. The van der Waals surface area contributed by atoms with E-state index in [9.17, 15) is 9.18 Å². The number of nitrogens with one attached hydrogen (secondary N) is 2. The largest absolute Gasteiger partial charge is 0.383 e. The summed E-state index contributed by atoms with van der Waals surface area (Å²) in [7, 11) is 1.61. The Hall–Kier alpha value is -3.88. The molecule has 0 saturated carbocycles. The van der Waals surface area contributed by atoms with Crippen molar-refractivity contribution in [3.8, 4) is 11.3 Å². The van der Waals surface area contributed by atoms with E-state index in [0.29, 0.717) is 53.1 Å². The molecule has 0 aliphatic carbocycles. The van der Waals surface area contributed by atoms with Crippen LogP contribution in [-0.2, 0) is 10.4 Å². The number of nitrogens with zero attached hydrogens (tertiary/aromatic N) is 2. The molecule has 1 aliphatic rings. The number of methoxy groups -OCH3 is 1. The van der Waals surface area contributed by atoms with Gasteiger partial charge in [-0.15, -0.1) is 0 Å². The third-order valence-corrected chi connectivity index (χ3v) is 7.06. The lowest BCUT2D eigenvalue weighted by Gasteiger charge is -2.28. The van der Waals surface area contributed by atoms with Crippen LogP contribution in [0.4, 0.5) is 19.3 Å². The Kier molecular flexibility index (Phi) is 7.35. The van der Waals surface area contributed by atoms with Gasteiger partial charge in [0.15, 0.2) is 5.67 Å². The summed E-state index contributed by atoms with van der Waals surface area (Å²) < 4.78 is 35.9. The maximum absolute atomic E-state index is 16.6. The number of fused-ring (bicyclic) bond motifs is 1. The highest BCUT2D eigenvalue weighted by atomic mass is 19.1. The number of hydrogen-bond acceptors (Lipinski definition) is 4. The highest BCUT2D eigenvalue weighted by Crippen LogP contribution is 2.38. The molecule has 196 valence electrons. The summed E-state index contributed by atoms with van der Waals surface area (Å²) in [5.41, 5.74) is 1.15. The molecular weight excluding hydrogens is 486 g/mol. The molecule has 6 nitrogen and oxygen atoms in total. The van der Waals surface area contributed by atoms with Crippen LogP contribution in [0.2, 0.25) is 0 Å². The minimum absolute atomic E-state index is 0.134. The molecule has 2 amide bonds. The zero-order valence-corrected chi connectivity index (χ0v) is 21.4. The molecule has 38 heavy (non-hydrogen) atoms. The van der Waals surface area contributed by atoms with Crippen LogP contribution < -0.4 is 10.6 Å². The van der Waals surface area contributed by atoms with Crippen LogP contribution in [0.3, 0.4) is 0 Å². The molecule has 2 unspecified atom stereocenters. The van der Waals surface area contributed by atoms with Gasteiger partial charge in [-0.25, -0.2) is 13.6 Å². The average Bonchev–Trinajstić information content (AvgIpc) is 3.25. The number of urea groups is 1. The van der Waals surface area contributed by atoms with Crippen LogP contribution in [0, 0.1) is 12.7 Å². The summed E-state index contributed by atoms with van der Waals surface area (Å²) in [6, 6.07) is 21.4. The van der Waals surface area contributed by atoms with Crippen LogP contribution >= 0.6 is 0 Å². The number of rotatable bonds is 7. The summed E-state index contributed by atoms with van der Waals surface area (Å²) in [5, 5.41) is 7.05. The molecule has 8 heteroatoms. The number of amides is 2. The van der Waals surface area contributed by atoms with Crippen molar-refractivity contribution in [1.82, 2.24) is 15.2 Å². The number of benzene rings is 3. The van der Waals surface area contributed by atoms with E-state index in [-0.39, 0.29) is 6.54 Å². The third-order valence-electron chi connectivity index (χ3n) is 7.06. The molecule has 0 bridgehead atoms. The molecule has 2 atom stereocenters. The molecule has 4 aromatic rings. The molecule has 0 spiro atoms. The van der Waals surface area contributed by atoms with Crippen molar-refractivity contribution < 1.29 is 18.3 Å². The number of anilines is 1. The number of pyridine rings is 1. The summed E-state index contributed by atoms with van der Waals surface area (Å²) in [6.45, 7) is 3.27. The molecule has 2 N–H and O–H groups in total. The van der Waals surface area contributed by atoms with Crippen LogP contribution in [0.15, 0.2) is 78.9 Å². The van der Waals surface area contributed by atoms with Gasteiger partial charge in [0.1, 0.15) is 5.82 Å². The molecule has 5 rings (SSSR count). The summed E-state index contributed by atoms with van der Waals surface area (Å²) in [4.78, 5) is 20.1. The molecule has 1 saturated heterocycles. The van der Waals surface area contributed by atoms with E-state index < -0.39 is 23.6 Å². The zero-order chi connectivity index (χ0) is 26.7. The smallest absolute Gasteiger partial charge is 0.319 e. The maximum Gasteiger partial charge on any atom is 0.319 e. The molecule has 0 radical (unpaired) electrons. The molecule has 1 aliphatic heterocycles. The predicted molar refractivity (Wildman–Crippen MR) is 145 cm³/mol. The van der Waals surface area contributed by atoms with Gasteiger partial charge in [-0.3, -0.25) is 9.88 Å². The van der Waals surface area contributed by atoms with Crippen molar-refractivity contribution in [2.24, 2.45) is 0 Å². The number of likely N-dealkylation sites (tertiary alicyclic amines) is 1. The molecule has 2 heterocycles. The van der Waals surface area contributed by atoms with Gasteiger partial charge in [-0.2, -0.15) is 0 Å². The first kappa shape index (κ1) is 25.8. The van der Waals surface area contributed by atoms with Gasteiger partial charge in [0.2, 0.25) is 0 Å². The zero-order valence-electron chi connectivity index (χ0n) is 21.4. The fourth-order valence-electron chi connectivity index (χ4n) is 5.15. The molecule has 1 fully saturated rings. The minimum Gasteiger partial charge on any atom is -0.383 e. The number of aromatic nitrogens is 1. The molecular formula is C30H30F2N4O2. The monoisotopic (exact) mass is 516 g/mol. The van der Waals surface area contributed by atoms with Crippen molar-refractivity contribution in [3.63, 3.8) is 0 Å². The van der Waals surface area contributed by atoms with Crippen molar-refractivity contribution in [2.75, 3.05) is 38.7 Å². The van der Waals surface area contributed by atoms with E-state index in [0.717, 1.165) is 5.56 Å². The van der Waals surface area contributed by atoms with E-state index in [4.69, 9.17) is 9.72 Å². The van der Waals surface area contributed by atoms with Crippen molar-refractivity contribution in [3.05, 3.63) is 95.9 Å². The summed E-state index contributed by atoms with van der Waals surface area (Å²) in [5.74, 6) is -0.391. The first-order valence-corrected chi connectivity index (χ1v) is 12.6. The second-order valence-electron chi connectivity index (χ2n) is 9.58. The number of carbonyl (C=O) groups is 1. The second-order valence-corrected chi connectivity index (χ2v) is 9.58. The Labute approximate surface area is 220 Å². The highest BCUT2D eigenvalue weighted by molar-refractivity contribution is 6.07. The third kappa shape index (κ3) is 5.10. The Morgan fingerprint density at radius 3 is 2.50 bits per heavy atom. The number of aryl methyl sites for hydroxylation is 1. The normalized spacial score (nSPS) is 19.5. The number of ether oxygens (including phenoxy) is 1. The first-order chi connectivity index (χ1) is 18.4. The van der Waals surface area contributed by atoms with Crippen LogP contribution in [0.25, 0.3) is 22.0 Å². The van der Waals surface area contributed by atoms with E-state index in [1.807, 2.05) is 48.2 Å². The van der Waals surface area contributed by atoms with Crippen LogP contribution in [-0.4, -0.2) is 55.3 Å². The Bertz CT molecular complexity index is 1430. The predicted octanol–water partition coefficient (Wildman–Crippen LogP) is 5.67. The highest BCUT2D eigenvalue weighted by Gasteiger charge is 2.49. The lowest BCUT2D eigenvalue weighted by molar-refractivity contribution is 0.125. The fraction of sp³-hybridized carbons (Fsp3) is 0.267. The van der Waals surface area contributed by atoms with Gasteiger partial charge in [-0.05, 0) is 30.7 Å². The molecule has 3 aromatic carbocycles. The maximum atomic E-state index is 16.6. The first-order valence-electron chi connectivity index (χ1n) is 12.6. The van der Waals surface area contributed by atoms with Gasteiger partial charge in [0.25, 0.3) is 0 Å².